The normalized spacial score (nSPS) is 15.4. The molecule has 0 bridgehead atoms. The standard InChI is InChI=1S/C17H22N4/c18-17-13-19-15-8-11-21(12-9-16(15)20-17)10-4-7-14-5-2-1-3-6-14/h1-3,5-6,13H,4,7-12H2,(H2,18,20). The SMILES string of the molecule is Nc1cnc2c(n1)CCN(CCCc1ccccc1)CC2. The van der Waals surface area contributed by atoms with E-state index in [2.05, 4.69) is 45.2 Å². The summed E-state index contributed by atoms with van der Waals surface area (Å²) in [6, 6.07) is 10.7. The summed E-state index contributed by atoms with van der Waals surface area (Å²) in [4.78, 5) is 11.4. The van der Waals surface area contributed by atoms with Gasteiger partial charge in [-0.3, -0.25) is 4.98 Å². The van der Waals surface area contributed by atoms with Crippen LogP contribution in [-0.2, 0) is 19.3 Å². The number of benzene rings is 1. The minimum absolute atomic E-state index is 0.534. The summed E-state index contributed by atoms with van der Waals surface area (Å²) in [6.45, 7) is 3.26. The highest BCUT2D eigenvalue weighted by Crippen LogP contribution is 2.13. The molecule has 2 N–H and O–H groups in total. The summed E-state index contributed by atoms with van der Waals surface area (Å²) >= 11 is 0. The first-order valence-corrected chi connectivity index (χ1v) is 7.68. The van der Waals surface area contributed by atoms with Crippen molar-refractivity contribution >= 4 is 5.82 Å². The van der Waals surface area contributed by atoms with E-state index in [1.807, 2.05) is 0 Å². The Balaban J connectivity index is 1.50. The molecule has 0 fully saturated rings. The Kier molecular flexibility index (Phi) is 4.46. The minimum atomic E-state index is 0.534. The quantitative estimate of drug-likeness (QED) is 0.933. The zero-order valence-electron chi connectivity index (χ0n) is 12.3. The highest BCUT2D eigenvalue weighted by atomic mass is 15.1. The van der Waals surface area contributed by atoms with Crippen LogP contribution in [0.3, 0.4) is 0 Å². The van der Waals surface area contributed by atoms with Crippen LogP contribution in [0.4, 0.5) is 5.82 Å². The molecule has 3 rings (SSSR count). The van der Waals surface area contributed by atoms with Crippen LogP contribution in [0.5, 0.6) is 0 Å². The zero-order valence-corrected chi connectivity index (χ0v) is 12.3. The molecule has 0 saturated heterocycles. The van der Waals surface area contributed by atoms with Gasteiger partial charge in [0.25, 0.3) is 0 Å². The lowest BCUT2D eigenvalue weighted by atomic mass is 10.1. The van der Waals surface area contributed by atoms with E-state index in [1.165, 1.54) is 12.0 Å². The monoisotopic (exact) mass is 282 g/mol. The smallest absolute Gasteiger partial charge is 0.142 e. The van der Waals surface area contributed by atoms with E-state index in [1.54, 1.807) is 6.20 Å². The molecule has 21 heavy (non-hydrogen) atoms. The molecule has 0 aliphatic carbocycles. The van der Waals surface area contributed by atoms with Crippen LogP contribution >= 0.6 is 0 Å². The van der Waals surface area contributed by atoms with Gasteiger partial charge in [-0.15, -0.1) is 0 Å². The van der Waals surface area contributed by atoms with Crippen molar-refractivity contribution in [3.8, 4) is 0 Å². The summed E-state index contributed by atoms with van der Waals surface area (Å²) in [5.41, 5.74) is 9.35. The first-order valence-electron chi connectivity index (χ1n) is 7.68. The number of nitrogens with zero attached hydrogens (tertiary/aromatic N) is 3. The second kappa shape index (κ2) is 6.68. The molecule has 1 aliphatic rings. The number of hydrogen-bond acceptors (Lipinski definition) is 4. The summed E-state index contributed by atoms with van der Waals surface area (Å²) in [5, 5.41) is 0. The van der Waals surface area contributed by atoms with Crippen molar-refractivity contribution < 1.29 is 0 Å². The maximum absolute atomic E-state index is 5.72. The molecule has 0 amide bonds. The average Bonchev–Trinajstić information content (AvgIpc) is 2.71. The van der Waals surface area contributed by atoms with Gasteiger partial charge in [-0.05, 0) is 24.9 Å². The van der Waals surface area contributed by atoms with Crippen molar-refractivity contribution in [2.45, 2.75) is 25.7 Å². The third-order valence-corrected chi connectivity index (χ3v) is 4.06. The molecule has 0 radical (unpaired) electrons. The summed E-state index contributed by atoms with van der Waals surface area (Å²) in [7, 11) is 0. The minimum Gasteiger partial charge on any atom is -0.382 e. The van der Waals surface area contributed by atoms with Crippen molar-refractivity contribution in [3.63, 3.8) is 0 Å². The second-order valence-corrected chi connectivity index (χ2v) is 5.62. The third kappa shape index (κ3) is 3.79. The second-order valence-electron chi connectivity index (χ2n) is 5.62. The highest BCUT2D eigenvalue weighted by molar-refractivity contribution is 5.28. The molecule has 2 aromatic rings. The number of fused-ring (bicyclic) bond motifs is 1. The molecule has 0 atom stereocenters. The summed E-state index contributed by atoms with van der Waals surface area (Å²) < 4.78 is 0. The molecule has 1 aromatic heterocycles. The molecule has 0 spiro atoms. The Hall–Kier alpha value is -1.94. The fourth-order valence-electron chi connectivity index (χ4n) is 2.89. The third-order valence-electron chi connectivity index (χ3n) is 4.06. The van der Waals surface area contributed by atoms with E-state index in [9.17, 15) is 0 Å². The van der Waals surface area contributed by atoms with Gasteiger partial charge >= 0.3 is 0 Å². The molecule has 0 saturated carbocycles. The number of aryl methyl sites for hydroxylation is 1. The van der Waals surface area contributed by atoms with Gasteiger partial charge in [0.2, 0.25) is 0 Å². The zero-order chi connectivity index (χ0) is 14.5. The van der Waals surface area contributed by atoms with Gasteiger partial charge in [0.15, 0.2) is 0 Å². The molecule has 2 heterocycles. The molecular formula is C17H22N4. The van der Waals surface area contributed by atoms with Crippen LogP contribution in [0.15, 0.2) is 36.5 Å². The Morgan fingerprint density at radius 1 is 1.05 bits per heavy atom. The number of rotatable bonds is 4. The summed E-state index contributed by atoms with van der Waals surface area (Å²) in [5.74, 6) is 0.534. The summed E-state index contributed by atoms with van der Waals surface area (Å²) in [6.07, 6.45) is 5.95. The fraction of sp³-hybridized carbons (Fsp3) is 0.412. The van der Waals surface area contributed by atoms with Gasteiger partial charge in [-0.25, -0.2) is 4.98 Å². The number of nitrogen functional groups attached to an aromatic ring is 1. The average molecular weight is 282 g/mol. The van der Waals surface area contributed by atoms with Crippen LogP contribution < -0.4 is 5.73 Å². The van der Waals surface area contributed by atoms with Gasteiger partial charge in [0.1, 0.15) is 5.82 Å². The van der Waals surface area contributed by atoms with Crippen LogP contribution in [0, 0.1) is 0 Å². The van der Waals surface area contributed by atoms with Gasteiger partial charge in [-0.1, -0.05) is 30.3 Å². The Bertz CT molecular complexity index is 583. The Labute approximate surface area is 126 Å². The van der Waals surface area contributed by atoms with Crippen molar-refractivity contribution in [3.05, 3.63) is 53.5 Å². The van der Waals surface area contributed by atoms with Crippen molar-refractivity contribution in [2.75, 3.05) is 25.4 Å². The molecule has 1 aliphatic heterocycles. The van der Waals surface area contributed by atoms with E-state index in [-0.39, 0.29) is 0 Å². The topological polar surface area (TPSA) is 55.0 Å². The molecule has 0 unspecified atom stereocenters. The number of anilines is 1. The highest BCUT2D eigenvalue weighted by Gasteiger charge is 2.15. The predicted molar refractivity (Wildman–Crippen MR) is 85.1 cm³/mol. The lowest BCUT2D eigenvalue weighted by molar-refractivity contribution is 0.283. The first kappa shape index (κ1) is 14.0. The lowest BCUT2D eigenvalue weighted by Gasteiger charge is -2.19. The van der Waals surface area contributed by atoms with Crippen LogP contribution in [0.2, 0.25) is 0 Å². The van der Waals surface area contributed by atoms with Crippen molar-refractivity contribution in [1.82, 2.24) is 14.9 Å². The first-order chi connectivity index (χ1) is 10.3. The maximum Gasteiger partial charge on any atom is 0.142 e. The fourth-order valence-corrected chi connectivity index (χ4v) is 2.89. The number of hydrogen-bond donors (Lipinski definition) is 1. The van der Waals surface area contributed by atoms with Crippen molar-refractivity contribution in [2.24, 2.45) is 0 Å². The Morgan fingerprint density at radius 3 is 2.62 bits per heavy atom. The van der Waals surface area contributed by atoms with Gasteiger partial charge in [0, 0.05) is 25.9 Å². The molecule has 110 valence electrons. The van der Waals surface area contributed by atoms with Gasteiger partial charge in [0.05, 0.1) is 17.6 Å². The predicted octanol–water partition coefficient (Wildman–Crippen LogP) is 2.09. The van der Waals surface area contributed by atoms with Crippen LogP contribution in [-0.4, -0.2) is 34.5 Å². The largest absolute Gasteiger partial charge is 0.382 e. The molecule has 4 heteroatoms. The van der Waals surface area contributed by atoms with E-state index >= 15 is 0 Å². The number of nitrogens with two attached hydrogens (primary N) is 1. The van der Waals surface area contributed by atoms with E-state index < -0.39 is 0 Å². The van der Waals surface area contributed by atoms with Crippen molar-refractivity contribution in [1.29, 1.82) is 0 Å². The molecule has 4 nitrogen and oxygen atoms in total. The van der Waals surface area contributed by atoms with E-state index in [0.717, 1.165) is 50.3 Å². The number of aromatic nitrogens is 2. The van der Waals surface area contributed by atoms with E-state index in [0.29, 0.717) is 5.82 Å². The van der Waals surface area contributed by atoms with Crippen LogP contribution in [0.1, 0.15) is 23.4 Å². The Morgan fingerprint density at radius 2 is 1.81 bits per heavy atom. The lowest BCUT2D eigenvalue weighted by Crippen LogP contribution is -2.27. The van der Waals surface area contributed by atoms with Gasteiger partial charge in [-0.2, -0.15) is 0 Å². The molecule has 1 aromatic carbocycles. The molecular weight excluding hydrogens is 260 g/mol. The van der Waals surface area contributed by atoms with E-state index in [4.69, 9.17) is 5.73 Å². The van der Waals surface area contributed by atoms with Crippen LogP contribution in [0.25, 0.3) is 0 Å². The van der Waals surface area contributed by atoms with Gasteiger partial charge < -0.3 is 10.6 Å². The maximum atomic E-state index is 5.72.